The maximum absolute atomic E-state index is 12.6. The van der Waals surface area contributed by atoms with Crippen molar-refractivity contribution in [2.45, 2.75) is 51.2 Å². The molecule has 3 N–H and O–H groups in total. The Bertz CT molecular complexity index is 591. The van der Waals surface area contributed by atoms with Crippen LogP contribution in [0.1, 0.15) is 42.4 Å². The molecule has 3 rings (SSSR count). The molecule has 21 heavy (non-hydrogen) atoms. The van der Waals surface area contributed by atoms with Crippen molar-refractivity contribution in [3.63, 3.8) is 0 Å². The van der Waals surface area contributed by atoms with Crippen LogP contribution in [0.3, 0.4) is 0 Å². The predicted octanol–water partition coefficient (Wildman–Crippen LogP) is 1.82. The van der Waals surface area contributed by atoms with Crippen LogP contribution in [0.5, 0.6) is 0 Å². The molecule has 1 saturated heterocycles. The van der Waals surface area contributed by atoms with E-state index in [9.17, 15) is 9.59 Å². The summed E-state index contributed by atoms with van der Waals surface area (Å²) < 4.78 is 0. The van der Waals surface area contributed by atoms with E-state index in [1.807, 2.05) is 25.1 Å². The average Bonchev–Trinajstić information content (AvgIpc) is 3.02. The quantitative estimate of drug-likeness (QED) is 0.833. The molecule has 112 valence electrons. The molecule has 0 radical (unpaired) electrons. The summed E-state index contributed by atoms with van der Waals surface area (Å²) in [6, 6.07) is 5.66. The van der Waals surface area contributed by atoms with Gasteiger partial charge in [-0.3, -0.25) is 9.69 Å². The minimum absolute atomic E-state index is 0.0627. The number of nitrogens with two attached hydrogens (primary N) is 1. The fourth-order valence-corrected chi connectivity index (χ4v) is 3.37. The zero-order chi connectivity index (χ0) is 15.0. The second-order valence-electron chi connectivity index (χ2n) is 6.08. The third kappa shape index (κ3) is 2.31. The molecule has 3 amide bonds. The van der Waals surface area contributed by atoms with Crippen LogP contribution >= 0.6 is 0 Å². The summed E-state index contributed by atoms with van der Waals surface area (Å²) in [5.41, 5.74) is 8.11. The predicted molar refractivity (Wildman–Crippen MR) is 79.4 cm³/mol. The first-order valence-corrected chi connectivity index (χ1v) is 7.48. The standard InChI is InChI=1S/C16H21N3O2/c1-11-8-12(9-17)4-5-13(11)10-19-14(20)16(18-15(19)21)6-2-3-7-16/h4-5,8H,2-3,6-7,9-10,17H2,1H3,(H,18,21). The summed E-state index contributed by atoms with van der Waals surface area (Å²) in [6.45, 7) is 2.81. The van der Waals surface area contributed by atoms with Gasteiger partial charge in [0.05, 0.1) is 6.54 Å². The molecule has 1 heterocycles. The van der Waals surface area contributed by atoms with E-state index in [2.05, 4.69) is 5.32 Å². The molecule has 2 fully saturated rings. The lowest BCUT2D eigenvalue weighted by atomic mass is 9.97. The monoisotopic (exact) mass is 287 g/mol. The molecule has 1 spiro atoms. The van der Waals surface area contributed by atoms with E-state index in [1.165, 1.54) is 4.90 Å². The van der Waals surface area contributed by atoms with Gasteiger partial charge in [-0.25, -0.2) is 4.79 Å². The second kappa shape index (κ2) is 5.15. The number of rotatable bonds is 3. The van der Waals surface area contributed by atoms with Gasteiger partial charge in [-0.1, -0.05) is 31.0 Å². The number of aryl methyl sites for hydroxylation is 1. The Morgan fingerprint density at radius 2 is 2.00 bits per heavy atom. The third-order valence-electron chi connectivity index (χ3n) is 4.67. The number of hydrogen-bond acceptors (Lipinski definition) is 3. The Kier molecular flexibility index (Phi) is 3.45. The van der Waals surface area contributed by atoms with Crippen LogP contribution in [-0.4, -0.2) is 22.4 Å². The molecular formula is C16H21N3O2. The van der Waals surface area contributed by atoms with Crippen molar-refractivity contribution in [3.05, 3.63) is 34.9 Å². The van der Waals surface area contributed by atoms with Crippen LogP contribution < -0.4 is 11.1 Å². The number of urea groups is 1. The van der Waals surface area contributed by atoms with Gasteiger partial charge in [-0.05, 0) is 36.5 Å². The van der Waals surface area contributed by atoms with Crippen molar-refractivity contribution < 1.29 is 9.59 Å². The molecule has 0 bridgehead atoms. The van der Waals surface area contributed by atoms with E-state index in [-0.39, 0.29) is 11.9 Å². The zero-order valence-electron chi connectivity index (χ0n) is 12.3. The molecule has 1 saturated carbocycles. The fraction of sp³-hybridized carbons (Fsp3) is 0.500. The number of carbonyl (C=O) groups excluding carboxylic acids is 2. The number of imide groups is 1. The van der Waals surface area contributed by atoms with Gasteiger partial charge in [-0.2, -0.15) is 0 Å². The zero-order valence-corrected chi connectivity index (χ0v) is 12.3. The van der Waals surface area contributed by atoms with Crippen molar-refractivity contribution in [1.82, 2.24) is 10.2 Å². The molecule has 2 aliphatic rings. The van der Waals surface area contributed by atoms with Crippen LogP contribution in [-0.2, 0) is 17.9 Å². The lowest BCUT2D eigenvalue weighted by Crippen LogP contribution is -2.44. The minimum atomic E-state index is -0.623. The van der Waals surface area contributed by atoms with E-state index >= 15 is 0 Å². The number of amides is 3. The summed E-state index contributed by atoms with van der Waals surface area (Å²) >= 11 is 0. The van der Waals surface area contributed by atoms with Gasteiger partial charge < -0.3 is 11.1 Å². The van der Waals surface area contributed by atoms with Gasteiger partial charge in [0.25, 0.3) is 5.91 Å². The summed E-state index contributed by atoms with van der Waals surface area (Å²) in [5, 5.41) is 2.91. The Hall–Kier alpha value is -1.88. The minimum Gasteiger partial charge on any atom is -0.326 e. The van der Waals surface area contributed by atoms with Gasteiger partial charge in [-0.15, -0.1) is 0 Å². The highest BCUT2D eigenvalue weighted by atomic mass is 16.2. The lowest BCUT2D eigenvalue weighted by molar-refractivity contribution is -0.131. The van der Waals surface area contributed by atoms with Crippen molar-refractivity contribution in [1.29, 1.82) is 0 Å². The molecule has 1 aromatic rings. The van der Waals surface area contributed by atoms with Crippen LogP contribution in [0, 0.1) is 6.92 Å². The molecule has 5 heteroatoms. The first-order chi connectivity index (χ1) is 10.1. The maximum Gasteiger partial charge on any atom is 0.325 e. The van der Waals surface area contributed by atoms with Crippen molar-refractivity contribution in [3.8, 4) is 0 Å². The summed E-state index contributed by atoms with van der Waals surface area (Å²) in [6.07, 6.45) is 3.53. The van der Waals surface area contributed by atoms with Gasteiger partial charge in [0.15, 0.2) is 0 Å². The Balaban J connectivity index is 1.82. The summed E-state index contributed by atoms with van der Waals surface area (Å²) in [7, 11) is 0. The van der Waals surface area contributed by atoms with Gasteiger partial charge >= 0.3 is 6.03 Å². The Morgan fingerprint density at radius 1 is 1.29 bits per heavy atom. The maximum atomic E-state index is 12.6. The lowest BCUT2D eigenvalue weighted by Gasteiger charge is -2.20. The highest BCUT2D eigenvalue weighted by molar-refractivity contribution is 6.07. The highest BCUT2D eigenvalue weighted by Crippen LogP contribution is 2.35. The number of carbonyl (C=O) groups is 2. The van der Waals surface area contributed by atoms with Crippen molar-refractivity contribution in [2.24, 2.45) is 5.73 Å². The topological polar surface area (TPSA) is 75.4 Å². The third-order valence-corrected chi connectivity index (χ3v) is 4.67. The Morgan fingerprint density at radius 3 is 2.62 bits per heavy atom. The van der Waals surface area contributed by atoms with E-state index < -0.39 is 5.54 Å². The van der Waals surface area contributed by atoms with E-state index in [0.29, 0.717) is 13.1 Å². The highest BCUT2D eigenvalue weighted by Gasteiger charge is 2.52. The number of hydrogen-bond donors (Lipinski definition) is 2. The average molecular weight is 287 g/mol. The summed E-state index contributed by atoms with van der Waals surface area (Å²) in [5.74, 6) is -0.0627. The number of benzene rings is 1. The van der Waals surface area contributed by atoms with Crippen molar-refractivity contribution >= 4 is 11.9 Å². The molecule has 0 aromatic heterocycles. The van der Waals surface area contributed by atoms with E-state index in [4.69, 9.17) is 5.73 Å². The molecule has 5 nitrogen and oxygen atoms in total. The van der Waals surface area contributed by atoms with Crippen LogP contribution in [0.15, 0.2) is 18.2 Å². The number of nitrogens with one attached hydrogen (secondary N) is 1. The van der Waals surface area contributed by atoms with Gasteiger partial charge in [0, 0.05) is 6.54 Å². The smallest absolute Gasteiger partial charge is 0.325 e. The molecule has 0 unspecified atom stereocenters. The SMILES string of the molecule is Cc1cc(CN)ccc1CN1C(=O)NC2(CCCC2)C1=O. The van der Waals surface area contributed by atoms with E-state index in [1.54, 1.807) is 0 Å². The first kappa shape index (κ1) is 14.1. The fourth-order valence-electron chi connectivity index (χ4n) is 3.37. The molecule has 1 aliphatic carbocycles. The van der Waals surface area contributed by atoms with Crippen molar-refractivity contribution in [2.75, 3.05) is 0 Å². The number of nitrogens with zero attached hydrogens (tertiary/aromatic N) is 1. The Labute approximate surface area is 124 Å². The molecule has 1 aromatic carbocycles. The van der Waals surface area contributed by atoms with Crippen LogP contribution in [0.4, 0.5) is 4.79 Å². The normalized spacial score (nSPS) is 20.4. The van der Waals surface area contributed by atoms with Gasteiger partial charge in [0.2, 0.25) is 0 Å². The molecular weight excluding hydrogens is 266 g/mol. The molecule has 0 atom stereocenters. The molecule has 1 aliphatic heterocycles. The van der Waals surface area contributed by atoms with Gasteiger partial charge in [0.1, 0.15) is 5.54 Å². The first-order valence-electron chi connectivity index (χ1n) is 7.48. The van der Waals surface area contributed by atoms with E-state index in [0.717, 1.165) is 42.4 Å². The second-order valence-corrected chi connectivity index (χ2v) is 6.08. The van der Waals surface area contributed by atoms with Crippen LogP contribution in [0.25, 0.3) is 0 Å². The largest absolute Gasteiger partial charge is 0.326 e. The van der Waals surface area contributed by atoms with Crippen LogP contribution in [0.2, 0.25) is 0 Å². The summed E-state index contributed by atoms with van der Waals surface area (Å²) in [4.78, 5) is 26.1.